The van der Waals surface area contributed by atoms with Gasteiger partial charge >= 0.3 is 0 Å². The van der Waals surface area contributed by atoms with E-state index in [4.69, 9.17) is 4.74 Å². The van der Waals surface area contributed by atoms with Gasteiger partial charge < -0.3 is 15.0 Å². The quantitative estimate of drug-likeness (QED) is 0.865. The molecule has 1 N–H and O–H groups in total. The highest BCUT2D eigenvalue weighted by atomic mass is 16.5. The van der Waals surface area contributed by atoms with Gasteiger partial charge in [0.2, 0.25) is 5.88 Å². The Morgan fingerprint density at radius 3 is 2.44 bits per heavy atom. The molecule has 18 heavy (non-hydrogen) atoms. The maximum Gasteiger partial charge on any atom is 0.218 e. The number of hydrogen-bond acceptors (Lipinski definition) is 5. The predicted molar refractivity (Wildman–Crippen MR) is 74.3 cm³/mol. The average Bonchev–Trinajstić information content (AvgIpc) is 2.27. The van der Waals surface area contributed by atoms with E-state index in [2.05, 4.69) is 41.0 Å². The first kappa shape index (κ1) is 14.7. The molecule has 1 aromatic heterocycles. The number of ether oxygens (including phenoxy) is 1. The van der Waals surface area contributed by atoms with Crippen LogP contribution in [0.25, 0.3) is 0 Å². The van der Waals surface area contributed by atoms with E-state index in [9.17, 15) is 0 Å². The standard InChI is InChI=1S/C13H24N4O/c1-13(2,3)12-15-10(9-11(16-12)18-6)14-7-8-17(4)5/h9H,7-8H2,1-6H3,(H,14,15,16). The number of anilines is 1. The molecule has 1 heterocycles. The summed E-state index contributed by atoms with van der Waals surface area (Å²) in [5.74, 6) is 2.20. The van der Waals surface area contributed by atoms with E-state index in [0.717, 1.165) is 24.7 Å². The molecule has 0 aliphatic rings. The van der Waals surface area contributed by atoms with E-state index in [1.807, 2.05) is 20.2 Å². The average molecular weight is 252 g/mol. The van der Waals surface area contributed by atoms with E-state index in [1.165, 1.54) is 0 Å². The Balaban J connectivity index is 2.84. The van der Waals surface area contributed by atoms with E-state index < -0.39 is 0 Å². The van der Waals surface area contributed by atoms with Crippen LogP contribution in [0.15, 0.2) is 6.07 Å². The van der Waals surface area contributed by atoms with Crippen LogP contribution in [0.4, 0.5) is 5.82 Å². The zero-order chi connectivity index (χ0) is 13.8. The fraction of sp³-hybridized carbons (Fsp3) is 0.692. The van der Waals surface area contributed by atoms with Crippen molar-refractivity contribution in [2.24, 2.45) is 0 Å². The molecule has 1 aromatic rings. The maximum atomic E-state index is 5.22. The van der Waals surface area contributed by atoms with Crippen LogP contribution in [0.2, 0.25) is 0 Å². The zero-order valence-corrected chi connectivity index (χ0v) is 12.2. The van der Waals surface area contributed by atoms with Gasteiger partial charge in [0.25, 0.3) is 0 Å². The highest BCUT2D eigenvalue weighted by molar-refractivity contribution is 5.39. The van der Waals surface area contributed by atoms with Crippen LogP contribution in [0.5, 0.6) is 5.88 Å². The number of hydrogen-bond donors (Lipinski definition) is 1. The number of rotatable bonds is 5. The molecule has 0 unspecified atom stereocenters. The van der Waals surface area contributed by atoms with Crippen molar-refractivity contribution in [2.45, 2.75) is 26.2 Å². The molecule has 0 amide bonds. The summed E-state index contributed by atoms with van der Waals surface area (Å²) in [5, 5.41) is 3.29. The van der Waals surface area contributed by atoms with E-state index >= 15 is 0 Å². The highest BCUT2D eigenvalue weighted by Gasteiger charge is 2.19. The second-order valence-electron chi connectivity index (χ2n) is 5.60. The van der Waals surface area contributed by atoms with Gasteiger partial charge in [-0.15, -0.1) is 0 Å². The lowest BCUT2D eigenvalue weighted by atomic mass is 9.96. The molecule has 0 saturated carbocycles. The van der Waals surface area contributed by atoms with Gasteiger partial charge in [-0.25, -0.2) is 4.98 Å². The molecular weight excluding hydrogens is 228 g/mol. The molecular formula is C13H24N4O. The number of aromatic nitrogens is 2. The second kappa shape index (κ2) is 6.00. The Kier molecular flexibility index (Phi) is 4.90. The Hall–Kier alpha value is -1.36. The first-order valence-electron chi connectivity index (χ1n) is 6.15. The van der Waals surface area contributed by atoms with Crippen molar-refractivity contribution in [2.75, 3.05) is 39.6 Å². The lowest BCUT2D eigenvalue weighted by Crippen LogP contribution is -2.22. The SMILES string of the molecule is COc1cc(NCCN(C)C)nc(C(C)(C)C)n1. The minimum atomic E-state index is -0.0908. The molecule has 0 aliphatic carbocycles. The second-order valence-corrected chi connectivity index (χ2v) is 5.60. The summed E-state index contributed by atoms with van der Waals surface area (Å²) in [5.41, 5.74) is -0.0908. The number of likely N-dealkylation sites (N-methyl/N-ethyl adjacent to an activating group) is 1. The van der Waals surface area contributed by atoms with Crippen molar-refractivity contribution in [3.05, 3.63) is 11.9 Å². The third-order valence-electron chi connectivity index (χ3n) is 2.45. The monoisotopic (exact) mass is 252 g/mol. The number of nitrogens with one attached hydrogen (secondary N) is 1. The van der Waals surface area contributed by atoms with Gasteiger partial charge in [-0.1, -0.05) is 20.8 Å². The van der Waals surface area contributed by atoms with E-state index in [0.29, 0.717) is 5.88 Å². The van der Waals surface area contributed by atoms with Crippen molar-refractivity contribution < 1.29 is 4.74 Å². The molecule has 0 atom stereocenters. The largest absolute Gasteiger partial charge is 0.481 e. The predicted octanol–water partition coefficient (Wildman–Crippen LogP) is 1.76. The molecule has 0 saturated heterocycles. The van der Waals surface area contributed by atoms with Gasteiger partial charge in [0.05, 0.1) is 7.11 Å². The third-order valence-corrected chi connectivity index (χ3v) is 2.45. The fourth-order valence-electron chi connectivity index (χ4n) is 1.36. The lowest BCUT2D eigenvalue weighted by Gasteiger charge is -2.19. The summed E-state index contributed by atoms with van der Waals surface area (Å²) in [4.78, 5) is 11.0. The van der Waals surface area contributed by atoms with Gasteiger partial charge in [0.1, 0.15) is 11.6 Å². The first-order valence-corrected chi connectivity index (χ1v) is 6.15. The molecule has 5 heteroatoms. The van der Waals surface area contributed by atoms with Gasteiger partial charge in [-0.05, 0) is 14.1 Å². The zero-order valence-electron chi connectivity index (χ0n) is 12.2. The van der Waals surface area contributed by atoms with Gasteiger partial charge in [-0.2, -0.15) is 4.98 Å². The van der Waals surface area contributed by atoms with Gasteiger partial charge in [0.15, 0.2) is 0 Å². The molecule has 0 radical (unpaired) electrons. The Morgan fingerprint density at radius 1 is 1.28 bits per heavy atom. The van der Waals surface area contributed by atoms with Crippen LogP contribution in [0.1, 0.15) is 26.6 Å². The Morgan fingerprint density at radius 2 is 1.94 bits per heavy atom. The van der Waals surface area contributed by atoms with Crippen LogP contribution in [-0.2, 0) is 5.41 Å². The van der Waals surface area contributed by atoms with Crippen LogP contribution >= 0.6 is 0 Å². The molecule has 5 nitrogen and oxygen atoms in total. The van der Waals surface area contributed by atoms with Gasteiger partial charge in [-0.3, -0.25) is 0 Å². The molecule has 0 spiro atoms. The normalized spacial score (nSPS) is 11.7. The highest BCUT2D eigenvalue weighted by Crippen LogP contribution is 2.22. The lowest BCUT2D eigenvalue weighted by molar-refractivity contribution is 0.389. The van der Waals surface area contributed by atoms with Crippen LogP contribution in [-0.4, -0.2) is 49.2 Å². The summed E-state index contributed by atoms with van der Waals surface area (Å²) >= 11 is 0. The van der Waals surface area contributed by atoms with Crippen molar-refractivity contribution in [3.8, 4) is 5.88 Å². The van der Waals surface area contributed by atoms with E-state index in [-0.39, 0.29) is 5.41 Å². The molecule has 0 aliphatic heterocycles. The van der Waals surface area contributed by atoms with Crippen molar-refractivity contribution in [3.63, 3.8) is 0 Å². The van der Waals surface area contributed by atoms with Crippen molar-refractivity contribution in [1.29, 1.82) is 0 Å². The summed E-state index contributed by atoms with van der Waals surface area (Å²) in [6.45, 7) is 8.07. The topological polar surface area (TPSA) is 50.3 Å². The summed E-state index contributed by atoms with van der Waals surface area (Å²) in [6, 6.07) is 1.82. The Bertz CT molecular complexity index is 385. The molecule has 102 valence electrons. The summed E-state index contributed by atoms with van der Waals surface area (Å²) in [6.07, 6.45) is 0. The third kappa shape index (κ3) is 4.49. The fourth-order valence-corrected chi connectivity index (χ4v) is 1.36. The molecule has 1 rings (SSSR count). The molecule has 0 fully saturated rings. The van der Waals surface area contributed by atoms with Gasteiger partial charge in [0, 0.05) is 24.6 Å². The Labute approximate surface area is 110 Å². The summed E-state index contributed by atoms with van der Waals surface area (Å²) < 4.78 is 5.22. The van der Waals surface area contributed by atoms with E-state index in [1.54, 1.807) is 7.11 Å². The van der Waals surface area contributed by atoms with Crippen LogP contribution in [0.3, 0.4) is 0 Å². The molecule has 0 bridgehead atoms. The number of methoxy groups -OCH3 is 1. The number of nitrogens with zero attached hydrogens (tertiary/aromatic N) is 3. The smallest absolute Gasteiger partial charge is 0.218 e. The minimum Gasteiger partial charge on any atom is -0.481 e. The minimum absolute atomic E-state index is 0.0908. The maximum absolute atomic E-state index is 5.22. The van der Waals surface area contributed by atoms with Crippen molar-refractivity contribution >= 4 is 5.82 Å². The van der Waals surface area contributed by atoms with Crippen LogP contribution in [0, 0.1) is 0 Å². The summed E-state index contributed by atoms with van der Waals surface area (Å²) in [7, 11) is 5.71. The molecule has 0 aromatic carbocycles. The van der Waals surface area contributed by atoms with Crippen molar-refractivity contribution in [1.82, 2.24) is 14.9 Å². The van der Waals surface area contributed by atoms with Crippen LogP contribution < -0.4 is 10.1 Å². The first-order chi connectivity index (χ1) is 8.32.